The molecule has 4 heteroatoms. The number of carbonyl (C=O) groups is 2. The normalized spacial score (nSPS) is 11.8. The number of carbonyl (C=O) groups excluding carboxylic acids is 2. The van der Waals surface area contributed by atoms with Gasteiger partial charge in [0.2, 0.25) is 5.91 Å². The molecule has 114 valence electrons. The molecule has 1 atom stereocenters. The van der Waals surface area contributed by atoms with Gasteiger partial charge >= 0.3 is 0 Å². The first kappa shape index (κ1) is 15.8. The fourth-order valence-electron chi connectivity index (χ4n) is 2.32. The standard InChI is InChI=1S/C18H20N2O2/c1-2-3-4-9-16(17(19)21)20-18(22)15-11-10-13-7-5-6-8-14(13)12-15/h2,5-8,10-12,16H,1,3-4,9H2,(H2,19,21)(H,20,22)/t16-/m1/s1. The first-order valence-corrected chi connectivity index (χ1v) is 7.31. The van der Waals surface area contributed by atoms with Gasteiger partial charge in [-0.2, -0.15) is 0 Å². The number of hydrogen-bond donors (Lipinski definition) is 2. The first-order chi connectivity index (χ1) is 10.6. The highest BCUT2D eigenvalue weighted by molar-refractivity contribution is 6.00. The topological polar surface area (TPSA) is 72.2 Å². The molecule has 2 aromatic carbocycles. The zero-order valence-corrected chi connectivity index (χ0v) is 12.4. The third-order valence-electron chi connectivity index (χ3n) is 3.56. The number of primary amides is 1. The van der Waals surface area contributed by atoms with Crippen molar-refractivity contribution in [1.29, 1.82) is 0 Å². The molecule has 0 saturated carbocycles. The fraction of sp³-hybridized carbons (Fsp3) is 0.222. The van der Waals surface area contributed by atoms with Gasteiger partial charge in [-0.25, -0.2) is 0 Å². The van der Waals surface area contributed by atoms with Gasteiger partial charge in [0.1, 0.15) is 6.04 Å². The molecular weight excluding hydrogens is 276 g/mol. The summed E-state index contributed by atoms with van der Waals surface area (Å²) in [7, 11) is 0. The van der Waals surface area contributed by atoms with E-state index >= 15 is 0 Å². The van der Waals surface area contributed by atoms with Crippen LogP contribution in [0, 0.1) is 0 Å². The molecule has 4 nitrogen and oxygen atoms in total. The van der Waals surface area contributed by atoms with E-state index in [2.05, 4.69) is 11.9 Å². The molecule has 0 aromatic heterocycles. The molecule has 0 aliphatic carbocycles. The van der Waals surface area contributed by atoms with Crippen LogP contribution in [0.25, 0.3) is 10.8 Å². The highest BCUT2D eigenvalue weighted by atomic mass is 16.2. The van der Waals surface area contributed by atoms with Gasteiger partial charge in [-0.05, 0) is 42.2 Å². The summed E-state index contributed by atoms with van der Waals surface area (Å²) < 4.78 is 0. The molecule has 22 heavy (non-hydrogen) atoms. The van der Waals surface area contributed by atoms with Crippen molar-refractivity contribution in [3.63, 3.8) is 0 Å². The maximum Gasteiger partial charge on any atom is 0.251 e. The van der Waals surface area contributed by atoms with Crippen molar-refractivity contribution < 1.29 is 9.59 Å². The number of amides is 2. The highest BCUT2D eigenvalue weighted by Crippen LogP contribution is 2.16. The predicted molar refractivity (Wildman–Crippen MR) is 88.4 cm³/mol. The summed E-state index contributed by atoms with van der Waals surface area (Å²) in [6.45, 7) is 3.64. The number of nitrogens with one attached hydrogen (secondary N) is 1. The second-order valence-electron chi connectivity index (χ2n) is 5.21. The molecule has 0 saturated heterocycles. The highest BCUT2D eigenvalue weighted by Gasteiger charge is 2.18. The van der Waals surface area contributed by atoms with Crippen molar-refractivity contribution >= 4 is 22.6 Å². The molecule has 0 bridgehead atoms. The zero-order valence-electron chi connectivity index (χ0n) is 12.4. The maximum atomic E-state index is 12.3. The van der Waals surface area contributed by atoms with Crippen LogP contribution in [-0.2, 0) is 4.79 Å². The van der Waals surface area contributed by atoms with Crippen molar-refractivity contribution in [2.45, 2.75) is 25.3 Å². The van der Waals surface area contributed by atoms with E-state index in [9.17, 15) is 9.59 Å². The number of rotatable bonds is 7. The van der Waals surface area contributed by atoms with Gasteiger partial charge in [-0.15, -0.1) is 6.58 Å². The molecule has 0 aliphatic rings. The van der Waals surface area contributed by atoms with Gasteiger partial charge in [-0.1, -0.05) is 36.4 Å². The van der Waals surface area contributed by atoms with E-state index in [1.54, 1.807) is 12.1 Å². The average Bonchev–Trinajstić information content (AvgIpc) is 2.53. The van der Waals surface area contributed by atoms with Crippen molar-refractivity contribution in [2.24, 2.45) is 5.73 Å². The Kier molecular flexibility index (Phi) is 5.31. The average molecular weight is 296 g/mol. The summed E-state index contributed by atoms with van der Waals surface area (Å²) in [5.41, 5.74) is 5.88. The molecule has 3 N–H and O–H groups in total. The second kappa shape index (κ2) is 7.41. The fourth-order valence-corrected chi connectivity index (χ4v) is 2.32. The summed E-state index contributed by atoms with van der Waals surface area (Å²) in [4.78, 5) is 23.8. The summed E-state index contributed by atoms with van der Waals surface area (Å²) >= 11 is 0. The molecule has 0 radical (unpaired) electrons. The van der Waals surface area contributed by atoms with Gasteiger partial charge in [0, 0.05) is 5.56 Å². The van der Waals surface area contributed by atoms with E-state index in [4.69, 9.17) is 5.73 Å². The third kappa shape index (κ3) is 3.95. The molecule has 0 unspecified atom stereocenters. The van der Waals surface area contributed by atoms with Gasteiger partial charge < -0.3 is 11.1 Å². The molecule has 0 heterocycles. The van der Waals surface area contributed by atoms with Gasteiger partial charge in [0.15, 0.2) is 0 Å². The Labute approximate surface area is 130 Å². The predicted octanol–water partition coefficient (Wildman–Crippen LogP) is 2.78. The van der Waals surface area contributed by atoms with Crippen molar-refractivity contribution in [3.05, 3.63) is 60.7 Å². The van der Waals surface area contributed by atoms with Crippen LogP contribution < -0.4 is 11.1 Å². The summed E-state index contributed by atoms with van der Waals surface area (Å²) in [5, 5.41) is 4.76. The largest absolute Gasteiger partial charge is 0.368 e. The van der Waals surface area contributed by atoms with E-state index in [1.807, 2.05) is 36.4 Å². The molecule has 0 aliphatic heterocycles. The SMILES string of the molecule is C=CCCC[C@@H](NC(=O)c1ccc2ccccc2c1)C(N)=O. The monoisotopic (exact) mass is 296 g/mol. The van der Waals surface area contributed by atoms with Crippen LogP contribution in [0.1, 0.15) is 29.6 Å². The Morgan fingerprint density at radius 3 is 2.59 bits per heavy atom. The Hall–Kier alpha value is -2.62. The number of hydrogen-bond acceptors (Lipinski definition) is 2. The third-order valence-corrected chi connectivity index (χ3v) is 3.56. The number of unbranched alkanes of at least 4 members (excludes halogenated alkanes) is 1. The molecule has 0 fully saturated rings. The second-order valence-corrected chi connectivity index (χ2v) is 5.21. The van der Waals surface area contributed by atoms with Crippen molar-refractivity contribution in [3.8, 4) is 0 Å². The Morgan fingerprint density at radius 2 is 1.91 bits per heavy atom. The lowest BCUT2D eigenvalue weighted by Crippen LogP contribution is -2.44. The molecule has 2 aromatic rings. The minimum atomic E-state index is -0.654. The summed E-state index contributed by atoms with van der Waals surface area (Å²) in [6, 6.07) is 12.6. The molecule has 2 amide bonds. The quantitative estimate of drug-likeness (QED) is 0.609. The van der Waals surface area contributed by atoms with Crippen LogP contribution in [-0.4, -0.2) is 17.9 Å². The lowest BCUT2D eigenvalue weighted by molar-refractivity contribution is -0.120. The Balaban J connectivity index is 2.10. The van der Waals surface area contributed by atoms with Gasteiger partial charge in [-0.3, -0.25) is 9.59 Å². The van der Waals surface area contributed by atoms with Crippen LogP contribution in [0.4, 0.5) is 0 Å². The van der Waals surface area contributed by atoms with E-state index in [0.29, 0.717) is 12.0 Å². The van der Waals surface area contributed by atoms with Crippen LogP contribution in [0.15, 0.2) is 55.1 Å². The molecule has 0 spiro atoms. The minimum absolute atomic E-state index is 0.284. The van der Waals surface area contributed by atoms with E-state index in [-0.39, 0.29) is 5.91 Å². The van der Waals surface area contributed by atoms with E-state index in [0.717, 1.165) is 23.6 Å². The Bertz CT molecular complexity index is 694. The number of allylic oxidation sites excluding steroid dienone is 1. The van der Waals surface area contributed by atoms with Crippen LogP contribution in [0.2, 0.25) is 0 Å². The number of fused-ring (bicyclic) bond motifs is 1. The van der Waals surface area contributed by atoms with E-state index in [1.165, 1.54) is 0 Å². The number of nitrogens with two attached hydrogens (primary N) is 1. The van der Waals surface area contributed by atoms with Crippen LogP contribution in [0.3, 0.4) is 0 Å². The lowest BCUT2D eigenvalue weighted by Gasteiger charge is -2.15. The van der Waals surface area contributed by atoms with Crippen molar-refractivity contribution in [1.82, 2.24) is 5.32 Å². The van der Waals surface area contributed by atoms with Gasteiger partial charge in [0.05, 0.1) is 0 Å². The minimum Gasteiger partial charge on any atom is -0.368 e. The van der Waals surface area contributed by atoms with Gasteiger partial charge in [0.25, 0.3) is 5.91 Å². The number of benzene rings is 2. The zero-order chi connectivity index (χ0) is 15.9. The summed E-state index contributed by atoms with van der Waals surface area (Å²) in [5.74, 6) is -0.800. The van der Waals surface area contributed by atoms with Crippen molar-refractivity contribution in [2.75, 3.05) is 0 Å². The smallest absolute Gasteiger partial charge is 0.251 e. The van der Waals surface area contributed by atoms with Crippen LogP contribution in [0.5, 0.6) is 0 Å². The first-order valence-electron chi connectivity index (χ1n) is 7.31. The summed E-state index contributed by atoms with van der Waals surface area (Å²) in [6.07, 6.45) is 3.84. The van der Waals surface area contributed by atoms with E-state index < -0.39 is 11.9 Å². The lowest BCUT2D eigenvalue weighted by atomic mass is 10.1. The Morgan fingerprint density at radius 1 is 1.18 bits per heavy atom. The molecular formula is C18H20N2O2. The van der Waals surface area contributed by atoms with Crippen LogP contribution >= 0.6 is 0 Å². The molecule has 2 rings (SSSR count). The maximum absolute atomic E-state index is 12.3.